The lowest BCUT2D eigenvalue weighted by atomic mass is 10.6. The number of likely N-dealkylation sites (N-methyl/N-ethyl adjacent to an activating group) is 1. The van der Waals surface area contributed by atoms with Crippen LogP contribution in [0.15, 0.2) is 13.2 Å². The molecular formula is C8H19NO2. The molecule has 11 heavy (non-hydrogen) atoms. The predicted molar refractivity (Wildman–Crippen MR) is 48.5 cm³/mol. The Morgan fingerprint density at radius 3 is 2.27 bits per heavy atom. The molecule has 0 fully saturated rings. The van der Waals surface area contributed by atoms with Crippen molar-refractivity contribution in [1.82, 2.24) is 5.32 Å². The highest BCUT2D eigenvalue weighted by molar-refractivity contribution is 5.76. The Kier molecular flexibility index (Phi) is 24.3. The monoisotopic (exact) mass is 161 g/mol. The van der Waals surface area contributed by atoms with Gasteiger partial charge in [-0.1, -0.05) is 7.43 Å². The maximum Gasteiger partial charge on any atom is 0.245 e. The maximum atomic E-state index is 10.3. The van der Waals surface area contributed by atoms with Crippen molar-refractivity contribution >= 4 is 5.91 Å². The minimum atomic E-state index is -0.0770. The molecule has 0 aliphatic rings. The molecule has 68 valence electrons. The quantitative estimate of drug-likeness (QED) is 0.632. The topological polar surface area (TPSA) is 38.3 Å². The molecule has 0 rings (SSSR count). The highest BCUT2D eigenvalue weighted by Gasteiger charge is 1.92. The summed E-state index contributed by atoms with van der Waals surface area (Å²) in [5.74, 6) is -0.0770. The fraction of sp³-hybridized carbons (Fsp3) is 0.625. The van der Waals surface area contributed by atoms with Crippen LogP contribution in [0, 0.1) is 0 Å². The van der Waals surface area contributed by atoms with Crippen molar-refractivity contribution in [2.75, 3.05) is 20.3 Å². The second-order valence-electron chi connectivity index (χ2n) is 1.31. The third-order valence-corrected chi connectivity index (χ3v) is 0.716. The number of hydrogen-bond acceptors (Lipinski definition) is 2. The number of carbonyl (C=O) groups is 1. The van der Waals surface area contributed by atoms with E-state index in [1.807, 2.05) is 6.92 Å². The van der Waals surface area contributed by atoms with Crippen LogP contribution in [0.2, 0.25) is 0 Å². The van der Waals surface area contributed by atoms with Gasteiger partial charge in [-0.05, 0) is 6.92 Å². The molecule has 3 heteroatoms. The van der Waals surface area contributed by atoms with Crippen LogP contribution in [0.3, 0.4) is 0 Å². The first-order valence-corrected chi connectivity index (χ1v) is 3.09. The lowest BCUT2D eigenvalue weighted by Crippen LogP contribution is -2.23. The fourth-order valence-electron chi connectivity index (χ4n) is 0.267. The molecular weight excluding hydrogens is 142 g/mol. The summed E-state index contributed by atoms with van der Waals surface area (Å²) in [4.78, 5) is 10.3. The molecule has 0 radical (unpaired) electrons. The van der Waals surface area contributed by atoms with Crippen molar-refractivity contribution in [3.05, 3.63) is 13.2 Å². The molecule has 0 aromatic rings. The van der Waals surface area contributed by atoms with Crippen LogP contribution in [0.1, 0.15) is 14.4 Å². The van der Waals surface area contributed by atoms with Gasteiger partial charge in [-0.3, -0.25) is 4.79 Å². The zero-order valence-corrected chi connectivity index (χ0v) is 6.64. The number of rotatable bonds is 3. The molecule has 0 heterocycles. The lowest BCUT2D eigenvalue weighted by Gasteiger charge is -1.96. The van der Waals surface area contributed by atoms with E-state index in [-0.39, 0.29) is 19.9 Å². The first-order valence-electron chi connectivity index (χ1n) is 3.09. The van der Waals surface area contributed by atoms with Crippen molar-refractivity contribution in [2.24, 2.45) is 0 Å². The first-order chi connectivity index (χ1) is 4.81. The number of amides is 1. The van der Waals surface area contributed by atoms with E-state index in [4.69, 9.17) is 4.74 Å². The van der Waals surface area contributed by atoms with Gasteiger partial charge in [0.15, 0.2) is 0 Å². The van der Waals surface area contributed by atoms with Gasteiger partial charge in [0.25, 0.3) is 0 Å². The Labute approximate surface area is 69.4 Å². The Hall–Kier alpha value is -0.830. The van der Waals surface area contributed by atoms with Crippen LogP contribution in [0.4, 0.5) is 0 Å². The van der Waals surface area contributed by atoms with Gasteiger partial charge in [0.1, 0.15) is 6.61 Å². The molecule has 0 aromatic carbocycles. The number of carbonyl (C=O) groups excluding carboxylic acids is 1. The van der Waals surface area contributed by atoms with Gasteiger partial charge >= 0.3 is 0 Å². The van der Waals surface area contributed by atoms with Crippen LogP contribution in [-0.4, -0.2) is 26.2 Å². The van der Waals surface area contributed by atoms with Crippen molar-refractivity contribution in [2.45, 2.75) is 14.4 Å². The van der Waals surface area contributed by atoms with E-state index < -0.39 is 0 Å². The Balaban J connectivity index is -0.000000196. The summed E-state index contributed by atoms with van der Waals surface area (Å²) < 4.78 is 4.77. The Morgan fingerprint density at radius 1 is 1.55 bits per heavy atom. The van der Waals surface area contributed by atoms with E-state index in [0.717, 1.165) is 0 Å². The van der Waals surface area contributed by atoms with Gasteiger partial charge in [-0.15, -0.1) is 13.2 Å². The molecule has 0 spiro atoms. The average Bonchev–Trinajstić information content (AvgIpc) is 2.04. The first kappa shape index (κ1) is 16.6. The average molecular weight is 161 g/mol. The molecule has 0 atom stereocenters. The van der Waals surface area contributed by atoms with Crippen LogP contribution in [0.5, 0.6) is 0 Å². The van der Waals surface area contributed by atoms with Crippen LogP contribution in [0.25, 0.3) is 0 Å². The molecule has 0 aliphatic heterocycles. The van der Waals surface area contributed by atoms with Crippen molar-refractivity contribution in [1.29, 1.82) is 0 Å². The second kappa shape index (κ2) is 16.1. The van der Waals surface area contributed by atoms with E-state index >= 15 is 0 Å². The van der Waals surface area contributed by atoms with Crippen LogP contribution >= 0.6 is 0 Å². The summed E-state index contributed by atoms with van der Waals surface area (Å²) in [6.07, 6.45) is 0. The summed E-state index contributed by atoms with van der Waals surface area (Å²) >= 11 is 0. The summed E-state index contributed by atoms with van der Waals surface area (Å²) in [5, 5.41) is 2.44. The highest BCUT2D eigenvalue weighted by atomic mass is 16.5. The van der Waals surface area contributed by atoms with Gasteiger partial charge in [0, 0.05) is 13.7 Å². The van der Waals surface area contributed by atoms with Crippen molar-refractivity contribution < 1.29 is 9.53 Å². The minimum absolute atomic E-state index is 0. The molecule has 0 bridgehead atoms. The summed E-state index contributed by atoms with van der Waals surface area (Å²) in [5.41, 5.74) is 0. The van der Waals surface area contributed by atoms with Crippen LogP contribution < -0.4 is 5.32 Å². The van der Waals surface area contributed by atoms with E-state index in [0.29, 0.717) is 6.61 Å². The van der Waals surface area contributed by atoms with Crippen molar-refractivity contribution in [3.63, 3.8) is 0 Å². The molecule has 0 aliphatic carbocycles. The molecule has 1 N–H and O–H groups in total. The van der Waals surface area contributed by atoms with Gasteiger partial charge in [0.05, 0.1) is 0 Å². The zero-order valence-electron chi connectivity index (χ0n) is 6.64. The molecule has 0 saturated heterocycles. The molecule has 3 nitrogen and oxygen atoms in total. The standard InChI is InChI=1S/C5H11NO2.C2H4.CH4/c1-3-8-4-5(7)6-2;1-2;/h3-4H2,1-2H3,(H,6,7);1-2H2;1H4. The second-order valence-corrected chi connectivity index (χ2v) is 1.31. The largest absolute Gasteiger partial charge is 0.372 e. The molecule has 0 saturated carbocycles. The van der Waals surface area contributed by atoms with E-state index in [9.17, 15) is 4.79 Å². The van der Waals surface area contributed by atoms with Gasteiger partial charge in [-0.2, -0.15) is 0 Å². The van der Waals surface area contributed by atoms with Gasteiger partial charge in [0.2, 0.25) is 5.91 Å². The van der Waals surface area contributed by atoms with E-state index in [2.05, 4.69) is 18.5 Å². The van der Waals surface area contributed by atoms with Gasteiger partial charge in [-0.25, -0.2) is 0 Å². The Bertz CT molecular complexity index is 84.2. The molecule has 0 aromatic heterocycles. The van der Waals surface area contributed by atoms with Crippen molar-refractivity contribution in [3.8, 4) is 0 Å². The normalized spacial score (nSPS) is 6.73. The summed E-state index contributed by atoms with van der Waals surface area (Å²) in [6, 6.07) is 0. The molecule has 1 amide bonds. The summed E-state index contributed by atoms with van der Waals surface area (Å²) in [7, 11) is 1.58. The van der Waals surface area contributed by atoms with E-state index in [1.54, 1.807) is 7.05 Å². The van der Waals surface area contributed by atoms with Gasteiger partial charge < -0.3 is 10.1 Å². The molecule has 0 unspecified atom stereocenters. The number of ether oxygens (including phenoxy) is 1. The van der Waals surface area contributed by atoms with Crippen LogP contribution in [-0.2, 0) is 9.53 Å². The highest BCUT2D eigenvalue weighted by Crippen LogP contribution is 1.70. The lowest BCUT2D eigenvalue weighted by molar-refractivity contribution is -0.125. The fourth-order valence-corrected chi connectivity index (χ4v) is 0.267. The number of nitrogens with one attached hydrogen (secondary N) is 1. The van der Waals surface area contributed by atoms with E-state index in [1.165, 1.54) is 0 Å². The maximum absolute atomic E-state index is 10.3. The zero-order chi connectivity index (χ0) is 8.41. The predicted octanol–water partition coefficient (Wildman–Crippen LogP) is 1.21. The third-order valence-electron chi connectivity index (χ3n) is 0.716. The number of hydrogen-bond donors (Lipinski definition) is 1. The summed E-state index contributed by atoms with van der Waals surface area (Å²) in [6.45, 7) is 8.61. The SMILES string of the molecule is C.C=C.CCOCC(=O)NC. The Morgan fingerprint density at radius 2 is 2.00 bits per heavy atom. The minimum Gasteiger partial charge on any atom is -0.372 e. The smallest absolute Gasteiger partial charge is 0.245 e. The third kappa shape index (κ3) is 17.6.